The normalized spacial score (nSPS) is 25.1. The minimum atomic E-state index is -4.28. The number of anilines is 1. The van der Waals surface area contributed by atoms with Gasteiger partial charge in [-0.2, -0.15) is 10.2 Å². The number of nitriles is 1. The van der Waals surface area contributed by atoms with E-state index in [1.807, 2.05) is 6.07 Å². The number of aromatic amines is 1. The molecule has 18 heteroatoms. The third-order valence-corrected chi connectivity index (χ3v) is 7.78. The zero-order valence-corrected chi connectivity index (χ0v) is 24.2. The number of amides is 1. The Kier molecular flexibility index (Phi) is 8.76. The fraction of sp³-hybridized carbons (Fsp3) is 0.696. The number of carboxylic acid groups (broad SMARTS) is 1. The van der Waals surface area contributed by atoms with Gasteiger partial charge in [-0.05, 0) is 34.6 Å². The summed E-state index contributed by atoms with van der Waals surface area (Å²) in [6, 6.07) is 1.88. The molecule has 4 N–H and O–H groups in total. The largest absolute Gasteiger partial charge is 0.474 e. The lowest BCUT2D eigenvalue weighted by molar-refractivity contribution is -0.199. The van der Waals surface area contributed by atoms with E-state index in [2.05, 4.69) is 15.0 Å². The number of rotatable bonds is 11. The lowest BCUT2D eigenvalue weighted by Gasteiger charge is -2.33. The molecule has 1 unspecified atom stereocenters. The van der Waals surface area contributed by atoms with Crippen molar-refractivity contribution in [3.8, 4) is 6.07 Å². The van der Waals surface area contributed by atoms with Crippen LogP contribution >= 0.6 is 7.82 Å². The summed E-state index contributed by atoms with van der Waals surface area (Å²) < 4.78 is 49.7. The number of hydrogen-bond acceptors (Lipinski definition) is 13. The van der Waals surface area contributed by atoms with Crippen LogP contribution in [0.4, 0.5) is 10.7 Å². The first-order valence-electron chi connectivity index (χ1n) is 12.8. The SMILES string of the molecule is CC1(C)O[C@@H]2[C@H](O1)[C@@H](COP(=O)(OCCC#N)OCCN(C(=O)O)C(C)(C)C)O[C@H]2n1cnc2c(=O)[nH]c(N)nc21. The molecule has 5 atom stereocenters. The molecule has 2 saturated heterocycles. The van der Waals surface area contributed by atoms with Crippen LogP contribution in [0.1, 0.15) is 47.3 Å². The van der Waals surface area contributed by atoms with Crippen molar-refractivity contribution >= 4 is 31.0 Å². The average Bonchev–Trinajstić information content (AvgIpc) is 3.50. The lowest BCUT2D eigenvalue weighted by atomic mass is 10.1. The number of imidazole rings is 1. The van der Waals surface area contributed by atoms with E-state index in [0.29, 0.717) is 0 Å². The molecule has 1 amide bonds. The smallest absolute Gasteiger partial charge is 0.465 e. The average molecular weight is 600 g/mol. The molecule has 41 heavy (non-hydrogen) atoms. The molecule has 226 valence electrons. The highest BCUT2D eigenvalue weighted by molar-refractivity contribution is 7.48. The molecule has 0 aromatic carbocycles. The second-order valence-corrected chi connectivity index (χ2v) is 12.5. The quantitative estimate of drug-likeness (QED) is 0.248. The van der Waals surface area contributed by atoms with Crippen molar-refractivity contribution in [2.45, 2.75) is 76.9 Å². The van der Waals surface area contributed by atoms with E-state index in [1.54, 1.807) is 34.6 Å². The number of ether oxygens (including phenoxy) is 3. The number of H-pyrrole nitrogens is 1. The number of carbonyl (C=O) groups is 1. The maximum Gasteiger partial charge on any atom is 0.474 e. The first-order valence-corrected chi connectivity index (χ1v) is 14.2. The zero-order valence-electron chi connectivity index (χ0n) is 23.3. The molecule has 0 bridgehead atoms. The van der Waals surface area contributed by atoms with Crippen molar-refractivity contribution < 1.29 is 42.2 Å². The molecule has 4 rings (SSSR count). The summed E-state index contributed by atoms with van der Waals surface area (Å²) in [4.78, 5) is 35.7. The molecule has 2 aromatic rings. The molecule has 17 nitrogen and oxygen atoms in total. The van der Waals surface area contributed by atoms with E-state index in [9.17, 15) is 19.3 Å². The number of nitrogen functional groups attached to an aromatic ring is 1. The third-order valence-electron chi connectivity index (χ3n) is 6.32. The molecule has 2 aromatic heterocycles. The topological polar surface area (TPSA) is 226 Å². The van der Waals surface area contributed by atoms with Crippen molar-refractivity contribution in [3.63, 3.8) is 0 Å². The van der Waals surface area contributed by atoms with Crippen LogP contribution in [0.3, 0.4) is 0 Å². The number of hydrogen-bond donors (Lipinski definition) is 3. The van der Waals surface area contributed by atoms with E-state index in [1.165, 1.54) is 10.9 Å². The second kappa shape index (κ2) is 11.6. The molecule has 4 heterocycles. The van der Waals surface area contributed by atoms with Crippen LogP contribution in [0.2, 0.25) is 0 Å². The fourth-order valence-corrected chi connectivity index (χ4v) is 5.76. The van der Waals surface area contributed by atoms with Gasteiger partial charge in [-0.25, -0.2) is 14.3 Å². The third kappa shape index (κ3) is 6.87. The Hall–Kier alpha value is -3.10. The molecule has 0 radical (unpaired) electrons. The minimum absolute atomic E-state index is 0.0479. The Morgan fingerprint density at radius 2 is 1.98 bits per heavy atom. The lowest BCUT2D eigenvalue weighted by Crippen LogP contribution is -2.46. The predicted molar refractivity (Wildman–Crippen MR) is 140 cm³/mol. The molecular weight excluding hydrogens is 565 g/mol. The monoisotopic (exact) mass is 599 g/mol. The summed E-state index contributed by atoms with van der Waals surface area (Å²) in [5, 5.41) is 18.4. The van der Waals surface area contributed by atoms with Gasteiger partial charge in [0, 0.05) is 12.1 Å². The first kappa shape index (κ1) is 30.8. The summed E-state index contributed by atoms with van der Waals surface area (Å²) in [5.74, 6) is -1.12. The van der Waals surface area contributed by atoms with Gasteiger partial charge in [-0.1, -0.05) is 0 Å². The van der Waals surface area contributed by atoms with Gasteiger partial charge < -0.3 is 30.0 Å². The van der Waals surface area contributed by atoms with Crippen LogP contribution in [0, 0.1) is 11.3 Å². The van der Waals surface area contributed by atoms with Gasteiger partial charge in [-0.15, -0.1) is 0 Å². The summed E-state index contributed by atoms with van der Waals surface area (Å²) in [7, 11) is -4.28. The predicted octanol–water partition coefficient (Wildman–Crippen LogP) is 1.97. The number of nitrogens with one attached hydrogen (secondary N) is 1. The van der Waals surface area contributed by atoms with Crippen molar-refractivity contribution in [1.82, 2.24) is 24.4 Å². The Labute approximate surface area is 235 Å². The van der Waals surface area contributed by atoms with Crippen molar-refractivity contribution in [2.75, 3.05) is 32.1 Å². The van der Waals surface area contributed by atoms with E-state index < -0.39 is 55.3 Å². The number of nitrogens with zero attached hydrogens (tertiary/aromatic N) is 5. The van der Waals surface area contributed by atoms with Gasteiger partial charge in [0.25, 0.3) is 5.56 Å². The fourth-order valence-electron chi connectivity index (χ4n) is 4.59. The van der Waals surface area contributed by atoms with E-state index in [0.717, 1.165) is 4.90 Å². The van der Waals surface area contributed by atoms with Crippen LogP contribution in [0.15, 0.2) is 11.1 Å². The van der Waals surface area contributed by atoms with Crippen LogP contribution in [-0.2, 0) is 32.3 Å². The molecular formula is C23H34N7O10P. The standard InChI is InChI=1S/C23H34N7O10P/c1-22(2,3)30(21(32)33)8-10-36-41(34,35-9-6-7-24)37-11-13-15-16(40-23(4,5)39-15)19(38-13)29-12-26-14-17(29)27-20(25)28-18(14)31/h12-13,15-16,19H,6,8-11H2,1-5H3,(H,32,33)(H3,25,27,28,31)/t13-,15-,16-,19-,41?/m1/s1. The zero-order chi connectivity index (χ0) is 30.2. The van der Waals surface area contributed by atoms with E-state index >= 15 is 0 Å². The van der Waals surface area contributed by atoms with Gasteiger partial charge >= 0.3 is 13.9 Å². The number of nitrogens with two attached hydrogens (primary N) is 1. The number of phosphoric ester groups is 1. The van der Waals surface area contributed by atoms with Gasteiger partial charge in [-0.3, -0.25) is 27.9 Å². The molecule has 2 aliphatic rings. The maximum atomic E-state index is 13.5. The van der Waals surface area contributed by atoms with Crippen LogP contribution in [-0.4, -0.2) is 91.6 Å². The van der Waals surface area contributed by atoms with Gasteiger partial charge in [0.2, 0.25) is 5.95 Å². The number of aromatic nitrogens is 4. The maximum absolute atomic E-state index is 13.5. The molecule has 0 saturated carbocycles. The molecule has 0 aliphatic carbocycles. The van der Waals surface area contributed by atoms with Crippen molar-refractivity contribution in [3.05, 3.63) is 16.7 Å². The molecule has 0 spiro atoms. The Morgan fingerprint density at radius 1 is 1.29 bits per heavy atom. The first-order chi connectivity index (χ1) is 19.1. The molecule has 2 fully saturated rings. The summed E-state index contributed by atoms with van der Waals surface area (Å²) in [5.41, 5.74) is 4.69. The number of phosphoric acid groups is 1. The highest BCUT2D eigenvalue weighted by Crippen LogP contribution is 2.51. The van der Waals surface area contributed by atoms with E-state index in [4.69, 9.17) is 38.8 Å². The van der Waals surface area contributed by atoms with Crippen LogP contribution in [0.5, 0.6) is 0 Å². The number of fused-ring (bicyclic) bond motifs is 2. The van der Waals surface area contributed by atoms with Gasteiger partial charge in [0.05, 0.1) is 38.6 Å². The van der Waals surface area contributed by atoms with Gasteiger partial charge in [0.15, 0.2) is 23.2 Å². The molecule has 2 aliphatic heterocycles. The highest BCUT2D eigenvalue weighted by atomic mass is 31.2. The van der Waals surface area contributed by atoms with Crippen LogP contribution in [0.25, 0.3) is 11.2 Å². The van der Waals surface area contributed by atoms with Crippen molar-refractivity contribution in [1.29, 1.82) is 5.26 Å². The Balaban J connectivity index is 1.52. The van der Waals surface area contributed by atoms with Crippen LogP contribution < -0.4 is 11.3 Å². The Morgan fingerprint density at radius 3 is 2.63 bits per heavy atom. The summed E-state index contributed by atoms with van der Waals surface area (Å²) in [6.45, 7) is 7.55. The second-order valence-electron chi connectivity index (χ2n) is 10.8. The van der Waals surface area contributed by atoms with Gasteiger partial charge in [0.1, 0.15) is 18.3 Å². The summed E-state index contributed by atoms with van der Waals surface area (Å²) >= 11 is 0. The Bertz CT molecular complexity index is 1410. The summed E-state index contributed by atoms with van der Waals surface area (Å²) in [6.07, 6.45) is -3.02. The van der Waals surface area contributed by atoms with Crippen molar-refractivity contribution in [2.24, 2.45) is 0 Å². The minimum Gasteiger partial charge on any atom is -0.465 e. The van der Waals surface area contributed by atoms with E-state index in [-0.39, 0.29) is 49.9 Å². The highest BCUT2D eigenvalue weighted by Gasteiger charge is 2.56.